The molecule has 0 aliphatic carbocycles. The summed E-state index contributed by atoms with van der Waals surface area (Å²) in [5.41, 5.74) is 3.49. The molecule has 0 aromatic heterocycles. The lowest BCUT2D eigenvalue weighted by Gasteiger charge is -2.25. The number of anilines is 3. The zero-order valence-electron chi connectivity index (χ0n) is 43.5. The number of carbonyl (C=O) groups is 8. The summed E-state index contributed by atoms with van der Waals surface area (Å²) in [7, 11) is 0. The summed E-state index contributed by atoms with van der Waals surface area (Å²) in [4.78, 5) is 113. The third kappa shape index (κ3) is 22.1. The average Bonchev–Trinajstić information content (AvgIpc) is 3.45. The van der Waals surface area contributed by atoms with E-state index in [1.807, 2.05) is 0 Å². The molecule has 420 valence electrons. The van der Waals surface area contributed by atoms with Crippen molar-refractivity contribution < 1.29 is 71.7 Å². The quantitative estimate of drug-likeness (QED) is 0.00470. The molecular weight excluding hydrogens is 1040 g/mol. The number of carbonyl (C=O) groups excluding carboxylic acids is 8. The number of amides is 7. The zero-order valence-corrected chi connectivity index (χ0v) is 43.5. The first kappa shape index (κ1) is 60.6. The van der Waals surface area contributed by atoms with E-state index in [1.165, 1.54) is 43.3 Å². The van der Waals surface area contributed by atoms with Crippen LogP contribution in [0, 0.1) is 10.1 Å². The highest BCUT2D eigenvalue weighted by atomic mass is 16.7. The first-order valence-electron chi connectivity index (χ1n) is 24.8. The molecule has 0 fully saturated rings. The maximum absolute atomic E-state index is 14.0. The van der Waals surface area contributed by atoms with Crippen LogP contribution in [-0.2, 0) is 64.3 Å². The Labute approximate surface area is 459 Å². The molecule has 7 N–H and O–H groups in total. The Bertz CT molecular complexity index is 2910. The molecule has 0 spiro atoms. The van der Waals surface area contributed by atoms with Crippen LogP contribution in [0.1, 0.15) is 48.4 Å². The lowest BCUT2D eigenvalue weighted by Crippen LogP contribution is -2.56. The Morgan fingerprint density at radius 1 is 0.525 bits per heavy atom. The number of non-ortho nitro benzene ring substituents is 1. The molecule has 0 heterocycles. The van der Waals surface area contributed by atoms with Gasteiger partial charge in [-0.25, -0.2) is 24.0 Å². The second-order valence-electron chi connectivity index (χ2n) is 17.2. The van der Waals surface area contributed by atoms with Crippen molar-refractivity contribution in [2.75, 3.05) is 35.7 Å². The Hall–Kier alpha value is -10.3. The first-order chi connectivity index (χ1) is 38.6. The van der Waals surface area contributed by atoms with Crippen molar-refractivity contribution in [2.45, 2.75) is 70.6 Å². The second kappa shape index (κ2) is 32.4. The number of unbranched alkanes of at least 4 members (excludes halogenated alkanes) is 1. The lowest BCUT2D eigenvalue weighted by atomic mass is 10.0. The third-order valence-corrected chi connectivity index (χ3v) is 11.1. The standard InChI is InChI=1S/C56H60N8O16/c1-4-31-75-52(68)57-30-10-9-13-47(62-51(67)48(33-38-11-7-6-8-12-38)63-49(65)37(3)58-53(69)76-32-5-2)50(66)59-42-20-14-39(15-21-42)34-77-54(70)60-43-22-16-40(17-23-43)35-78-55(71)61-44-24-18-41(19-25-44)36-79-56(72)80-46-28-26-45(27-29-46)64(73)74/h4-8,11-12,14-29,37,47-48H,1-2,9-10,13,30-36H2,3H3,(H,57,68)(H,58,69)(H,59,66)(H,60,70)(H,61,71)(H,62,67)(H,63,65)/t37-,47+,48+/m1/s1. The van der Waals surface area contributed by atoms with Crippen LogP contribution in [0.25, 0.3) is 0 Å². The molecule has 3 atom stereocenters. The number of hydrogen-bond donors (Lipinski definition) is 7. The van der Waals surface area contributed by atoms with Crippen LogP contribution in [0.2, 0.25) is 0 Å². The zero-order chi connectivity index (χ0) is 57.7. The van der Waals surface area contributed by atoms with E-state index in [0.29, 0.717) is 52.2 Å². The smallest absolute Gasteiger partial charge is 0.445 e. The van der Waals surface area contributed by atoms with Gasteiger partial charge in [-0.1, -0.05) is 92.0 Å². The highest BCUT2D eigenvalue weighted by Crippen LogP contribution is 2.20. The van der Waals surface area contributed by atoms with E-state index in [0.717, 1.165) is 0 Å². The van der Waals surface area contributed by atoms with E-state index in [-0.39, 0.29) is 63.9 Å². The minimum absolute atomic E-state index is 0.0311. The fraction of sp³-hybridized carbons (Fsp3) is 0.250. The van der Waals surface area contributed by atoms with E-state index in [9.17, 15) is 48.5 Å². The molecule has 0 saturated carbocycles. The van der Waals surface area contributed by atoms with Crippen molar-refractivity contribution in [1.29, 1.82) is 0 Å². The van der Waals surface area contributed by atoms with Crippen LogP contribution >= 0.6 is 0 Å². The molecule has 0 saturated heterocycles. The molecule has 0 aliphatic heterocycles. The van der Waals surface area contributed by atoms with Gasteiger partial charge in [0.1, 0.15) is 56.9 Å². The Balaban J connectivity index is 1.08. The van der Waals surface area contributed by atoms with Crippen molar-refractivity contribution in [3.05, 3.63) is 185 Å². The van der Waals surface area contributed by atoms with Gasteiger partial charge in [0.05, 0.1) is 4.92 Å². The molecule has 5 rings (SSSR count). The molecule has 5 aromatic carbocycles. The van der Waals surface area contributed by atoms with Gasteiger partial charge in [0, 0.05) is 42.2 Å². The van der Waals surface area contributed by atoms with E-state index in [2.05, 4.69) is 50.4 Å². The molecule has 0 radical (unpaired) electrons. The minimum Gasteiger partial charge on any atom is -0.445 e. The fourth-order valence-corrected chi connectivity index (χ4v) is 6.96. The number of rotatable bonds is 28. The molecule has 0 unspecified atom stereocenters. The highest BCUT2D eigenvalue weighted by molar-refractivity contribution is 5.99. The van der Waals surface area contributed by atoms with Gasteiger partial charge in [0.2, 0.25) is 17.7 Å². The Morgan fingerprint density at radius 2 is 1.02 bits per heavy atom. The topological polar surface area (TPSA) is 319 Å². The van der Waals surface area contributed by atoms with E-state index in [1.54, 1.807) is 103 Å². The van der Waals surface area contributed by atoms with Gasteiger partial charge >= 0.3 is 30.5 Å². The first-order valence-corrected chi connectivity index (χ1v) is 24.8. The summed E-state index contributed by atoms with van der Waals surface area (Å²) in [5.74, 6) is -1.86. The van der Waals surface area contributed by atoms with Gasteiger partial charge in [-0.05, 0) is 97.0 Å². The third-order valence-electron chi connectivity index (χ3n) is 11.1. The Kier molecular flexibility index (Phi) is 24.5. The predicted molar refractivity (Wildman–Crippen MR) is 291 cm³/mol. The van der Waals surface area contributed by atoms with E-state index < -0.39 is 71.3 Å². The van der Waals surface area contributed by atoms with Crippen molar-refractivity contribution in [2.24, 2.45) is 0 Å². The average molecular weight is 1100 g/mol. The number of benzene rings is 5. The van der Waals surface area contributed by atoms with Gasteiger partial charge in [-0.15, -0.1) is 0 Å². The largest absolute Gasteiger partial charge is 0.514 e. The molecule has 80 heavy (non-hydrogen) atoms. The van der Waals surface area contributed by atoms with Crippen molar-refractivity contribution in [3.8, 4) is 5.75 Å². The van der Waals surface area contributed by atoms with Gasteiger partial charge in [-0.3, -0.25) is 35.1 Å². The highest BCUT2D eigenvalue weighted by Gasteiger charge is 2.29. The molecule has 24 nitrogen and oxygen atoms in total. The number of ether oxygens (including phenoxy) is 6. The van der Waals surface area contributed by atoms with Crippen LogP contribution in [0.3, 0.4) is 0 Å². The molecule has 24 heteroatoms. The molecule has 0 aliphatic rings. The van der Waals surface area contributed by atoms with Crippen LogP contribution < -0.4 is 42.0 Å². The van der Waals surface area contributed by atoms with Crippen LogP contribution in [0.5, 0.6) is 5.75 Å². The van der Waals surface area contributed by atoms with Gasteiger partial charge in [0.25, 0.3) is 5.69 Å². The monoisotopic (exact) mass is 1100 g/mol. The molecule has 0 bridgehead atoms. The van der Waals surface area contributed by atoms with Gasteiger partial charge < -0.3 is 55.0 Å². The minimum atomic E-state index is -1.18. The maximum Gasteiger partial charge on any atom is 0.514 e. The van der Waals surface area contributed by atoms with Gasteiger partial charge in [0.15, 0.2) is 0 Å². The maximum atomic E-state index is 14.0. The number of nitro groups is 1. The molecular formula is C56H60N8O16. The summed E-state index contributed by atoms with van der Waals surface area (Å²) in [6.45, 7) is 8.21. The summed E-state index contributed by atoms with van der Waals surface area (Å²) in [6, 6.07) is 29.7. The Morgan fingerprint density at radius 3 is 1.55 bits per heavy atom. The summed E-state index contributed by atoms with van der Waals surface area (Å²) in [5, 5.41) is 29.3. The normalized spacial score (nSPS) is 11.5. The molecule has 7 amide bonds. The number of alkyl carbamates (subject to hydrolysis) is 2. The van der Waals surface area contributed by atoms with Gasteiger partial charge in [-0.2, -0.15) is 0 Å². The van der Waals surface area contributed by atoms with Crippen molar-refractivity contribution in [1.82, 2.24) is 21.3 Å². The number of nitrogens with zero attached hydrogens (tertiary/aromatic N) is 1. The number of hydrogen-bond acceptors (Lipinski definition) is 16. The lowest BCUT2D eigenvalue weighted by molar-refractivity contribution is -0.384. The van der Waals surface area contributed by atoms with Crippen molar-refractivity contribution >= 4 is 71.0 Å². The molecule has 5 aromatic rings. The van der Waals surface area contributed by atoms with E-state index in [4.69, 9.17) is 28.4 Å². The predicted octanol–water partition coefficient (Wildman–Crippen LogP) is 8.34. The van der Waals surface area contributed by atoms with Crippen LogP contribution in [-0.4, -0.2) is 91.1 Å². The fourth-order valence-electron chi connectivity index (χ4n) is 6.96. The summed E-state index contributed by atoms with van der Waals surface area (Å²) in [6.07, 6.45) is -0.237. The SMILES string of the molecule is C=CCOC(=O)NCCCC[C@H](NC(=O)[C@H](Cc1ccccc1)NC(=O)[C@@H](C)NC(=O)OCC=C)C(=O)Nc1ccc(COC(=O)Nc2ccc(COC(=O)Nc3ccc(COC(=O)Oc4ccc([N+](=O)[O-])cc4)cc3)cc2)cc1. The summed E-state index contributed by atoms with van der Waals surface area (Å²) < 4.78 is 30.6. The van der Waals surface area contributed by atoms with Crippen LogP contribution in [0.4, 0.5) is 46.7 Å². The van der Waals surface area contributed by atoms with E-state index >= 15 is 0 Å². The summed E-state index contributed by atoms with van der Waals surface area (Å²) >= 11 is 0. The number of nitrogens with one attached hydrogen (secondary N) is 7. The van der Waals surface area contributed by atoms with Crippen LogP contribution in [0.15, 0.2) is 153 Å². The second-order valence-corrected chi connectivity index (χ2v) is 17.2. The number of nitro benzene ring substituents is 1. The van der Waals surface area contributed by atoms with Crippen molar-refractivity contribution in [3.63, 3.8) is 0 Å².